The van der Waals surface area contributed by atoms with Crippen LogP contribution in [0.2, 0.25) is 0 Å². The van der Waals surface area contributed by atoms with Crippen LogP contribution in [0.3, 0.4) is 0 Å². The molecule has 0 aliphatic heterocycles. The molecule has 134 valence electrons. The molecule has 0 bridgehead atoms. The van der Waals surface area contributed by atoms with E-state index in [1.54, 1.807) is 19.1 Å². The highest BCUT2D eigenvalue weighted by Gasteiger charge is 2.34. The van der Waals surface area contributed by atoms with E-state index >= 15 is 0 Å². The summed E-state index contributed by atoms with van der Waals surface area (Å²) in [7, 11) is 0. The zero-order chi connectivity index (χ0) is 17.9. The highest BCUT2D eigenvalue weighted by atomic mass is 19.1. The number of halogens is 1. The number of benzene rings is 1. The summed E-state index contributed by atoms with van der Waals surface area (Å²) in [6, 6.07) is 4.61. The van der Waals surface area contributed by atoms with Gasteiger partial charge >= 0.3 is 0 Å². The average molecular weight is 347 g/mol. The largest absolute Gasteiger partial charge is 0.394 e. The van der Waals surface area contributed by atoms with Crippen molar-refractivity contribution in [1.82, 2.24) is 15.5 Å². The van der Waals surface area contributed by atoms with Crippen LogP contribution in [-0.2, 0) is 11.2 Å². The van der Waals surface area contributed by atoms with Gasteiger partial charge in [-0.15, -0.1) is 0 Å². The molecule has 0 saturated heterocycles. The van der Waals surface area contributed by atoms with Crippen molar-refractivity contribution in [1.29, 1.82) is 0 Å². The minimum absolute atomic E-state index is 0.0344. The van der Waals surface area contributed by atoms with Gasteiger partial charge in [-0.3, -0.25) is 4.79 Å². The van der Waals surface area contributed by atoms with Gasteiger partial charge in [-0.25, -0.2) is 4.39 Å². The molecule has 3 rings (SSSR count). The van der Waals surface area contributed by atoms with E-state index in [0.29, 0.717) is 29.3 Å². The Morgan fingerprint density at radius 2 is 2.16 bits per heavy atom. The Morgan fingerprint density at radius 1 is 1.40 bits per heavy atom. The zero-order valence-corrected chi connectivity index (χ0v) is 14.2. The van der Waals surface area contributed by atoms with Crippen LogP contribution in [0, 0.1) is 12.7 Å². The van der Waals surface area contributed by atoms with E-state index in [9.17, 15) is 14.3 Å². The molecule has 1 aliphatic carbocycles. The van der Waals surface area contributed by atoms with Crippen LogP contribution >= 0.6 is 0 Å². The topological polar surface area (TPSA) is 88.2 Å². The molecule has 6 nitrogen and oxygen atoms in total. The van der Waals surface area contributed by atoms with Gasteiger partial charge in [0.25, 0.3) is 0 Å². The van der Waals surface area contributed by atoms with Crippen molar-refractivity contribution < 1.29 is 18.8 Å². The van der Waals surface area contributed by atoms with Crippen LogP contribution in [0.1, 0.15) is 43.6 Å². The second kappa shape index (κ2) is 7.31. The summed E-state index contributed by atoms with van der Waals surface area (Å²) >= 11 is 0. The number of nitrogens with zero attached hydrogens (tertiary/aromatic N) is 2. The Bertz CT molecular complexity index is 754. The zero-order valence-electron chi connectivity index (χ0n) is 14.2. The third kappa shape index (κ3) is 4.04. The molecule has 1 heterocycles. The Morgan fingerprint density at radius 3 is 2.84 bits per heavy atom. The molecule has 0 spiro atoms. The third-order valence-corrected chi connectivity index (χ3v) is 4.72. The van der Waals surface area contributed by atoms with E-state index in [1.165, 1.54) is 6.07 Å². The maximum Gasteiger partial charge on any atom is 0.227 e. The van der Waals surface area contributed by atoms with Gasteiger partial charge in [0, 0.05) is 18.4 Å². The minimum Gasteiger partial charge on any atom is -0.394 e. The van der Waals surface area contributed by atoms with E-state index in [1.807, 2.05) is 0 Å². The fraction of sp³-hybridized carbons (Fsp3) is 0.500. The van der Waals surface area contributed by atoms with Crippen LogP contribution in [0.5, 0.6) is 0 Å². The molecular formula is C18H22FN3O3. The SMILES string of the molecule is Cc1cc(-c2noc(CCC(=O)NC3(CO)CCCC3)n2)ccc1F. The van der Waals surface area contributed by atoms with E-state index in [4.69, 9.17) is 4.52 Å². The van der Waals surface area contributed by atoms with Gasteiger partial charge in [0.2, 0.25) is 17.6 Å². The first-order valence-corrected chi connectivity index (χ1v) is 8.52. The number of carbonyl (C=O) groups excluding carboxylic acids is 1. The lowest BCUT2D eigenvalue weighted by molar-refractivity contribution is -0.123. The molecule has 1 aromatic heterocycles. The number of aryl methyl sites for hydroxylation is 2. The van der Waals surface area contributed by atoms with Gasteiger partial charge in [0.05, 0.1) is 12.1 Å². The van der Waals surface area contributed by atoms with Crippen molar-refractivity contribution in [2.24, 2.45) is 0 Å². The minimum atomic E-state index is -0.470. The van der Waals surface area contributed by atoms with Crippen molar-refractivity contribution in [3.8, 4) is 11.4 Å². The molecule has 1 amide bonds. The molecule has 25 heavy (non-hydrogen) atoms. The maximum absolute atomic E-state index is 13.3. The molecule has 7 heteroatoms. The van der Waals surface area contributed by atoms with Gasteiger partial charge in [0.1, 0.15) is 5.82 Å². The lowest BCUT2D eigenvalue weighted by Gasteiger charge is -2.27. The van der Waals surface area contributed by atoms with Gasteiger partial charge < -0.3 is 14.9 Å². The summed E-state index contributed by atoms with van der Waals surface area (Å²) < 4.78 is 18.5. The summed E-state index contributed by atoms with van der Waals surface area (Å²) in [5, 5.41) is 16.4. The number of hydrogen-bond acceptors (Lipinski definition) is 5. The van der Waals surface area contributed by atoms with E-state index < -0.39 is 5.54 Å². The third-order valence-electron chi connectivity index (χ3n) is 4.72. The second-order valence-electron chi connectivity index (χ2n) is 6.67. The summed E-state index contributed by atoms with van der Waals surface area (Å²) in [6.07, 6.45) is 4.19. The second-order valence-corrected chi connectivity index (χ2v) is 6.67. The van der Waals surface area contributed by atoms with Crippen LogP contribution in [0.15, 0.2) is 22.7 Å². The van der Waals surface area contributed by atoms with Crippen molar-refractivity contribution in [3.05, 3.63) is 35.5 Å². The number of nitrogens with one attached hydrogen (secondary N) is 1. The molecular weight excluding hydrogens is 325 g/mol. The van der Waals surface area contributed by atoms with E-state index in [2.05, 4.69) is 15.5 Å². The Balaban J connectivity index is 1.58. The van der Waals surface area contributed by atoms with Gasteiger partial charge in [-0.1, -0.05) is 18.0 Å². The van der Waals surface area contributed by atoms with Crippen LogP contribution in [0.4, 0.5) is 4.39 Å². The number of amides is 1. The number of carbonyl (C=O) groups is 1. The predicted molar refractivity (Wildman–Crippen MR) is 89.2 cm³/mol. The van der Waals surface area contributed by atoms with Crippen molar-refractivity contribution in [2.45, 2.75) is 51.0 Å². The first kappa shape index (κ1) is 17.5. The van der Waals surface area contributed by atoms with Crippen molar-refractivity contribution in [2.75, 3.05) is 6.61 Å². The molecule has 2 N–H and O–H groups in total. The first-order chi connectivity index (χ1) is 12.0. The van der Waals surface area contributed by atoms with Crippen LogP contribution < -0.4 is 5.32 Å². The van der Waals surface area contributed by atoms with Gasteiger partial charge in [-0.05, 0) is 43.5 Å². The first-order valence-electron chi connectivity index (χ1n) is 8.52. The molecule has 0 atom stereocenters. The highest BCUT2D eigenvalue weighted by molar-refractivity contribution is 5.77. The molecule has 2 aromatic rings. The molecule has 1 saturated carbocycles. The fourth-order valence-corrected chi connectivity index (χ4v) is 3.21. The van der Waals surface area contributed by atoms with E-state index in [0.717, 1.165) is 25.7 Å². The fourth-order valence-electron chi connectivity index (χ4n) is 3.21. The average Bonchev–Trinajstić information content (AvgIpc) is 3.25. The Kier molecular flexibility index (Phi) is 5.13. The normalized spacial score (nSPS) is 16.1. The number of aliphatic hydroxyl groups is 1. The van der Waals surface area contributed by atoms with Crippen molar-refractivity contribution in [3.63, 3.8) is 0 Å². The standard InChI is InChI=1S/C18H22FN3O3/c1-12-10-13(4-5-14(12)19)17-20-16(25-22-17)7-6-15(24)21-18(11-23)8-2-3-9-18/h4-5,10,23H,2-3,6-9,11H2,1H3,(H,21,24). The lowest BCUT2D eigenvalue weighted by atomic mass is 9.98. The molecule has 1 aromatic carbocycles. The van der Waals surface area contributed by atoms with Gasteiger partial charge in [0.15, 0.2) is 0 Å². The summed E-state index contributed by atoms with van der Waals surface area (Å²) in [5.41, 5.74) is 0.709. The number of rotatable bonds is 6. The monoisotopic (exact) mass is 347 g/mol. The number of aromatic nitrogens is 2. The Hall–Kier alpha value is -2.28. The maximum atomic E-state index is 13.3. The van der Waals surface area contributed by atoms with Crippen LogP contribution in [0.25, 0.3) is 11.4 Å². The smallest absolute Gasteiger partial charge is 0.227 e. The quantitative estimate of drug-likeness (QED) is 0.838. The molecule has 1 fully saturated rings. The van der Waals surface area contributed by atoms with Crippen LogP contribution in [-0.4, -0.2) is 33.3 Å². The summed E-state index contributed by atoms with van der Waals surface area (Å²) in [6.45, 7) is 1.64. The Labute approximate surface area is 145 Å². The van der Waals surface area contributed by atoms with E-state index in [-0.39, 0.29) is 24.8 Å². The predicted octanol–water partition coefficient (Wildman–Crippen LogP) is 2.54. The molecule has 1 aliphatic rings. The molecule has 0 unspecified atom stereocenters. The highest BCUT2D eigenvalue weighted by Crippen LogP contribution is 2.29. The number of hydrogen-bond donors (Lipinski definition) is 2. The molecule has 0 radical (unpaired) electrons. The summed E-state index contributed by atoms with van der Waals surface area (Å²) in [4.78, 5) is 16.4. The van der Waals surface area contributed by atoms with Gasteiger partial charge in [-0.2, -0.15) is 4.98 Å². The lowest BCUT2D eigenvalue weighted by Crippen LogP contribution is -2.49. The number of aliphatic hydroxyl groups excluding tert-OH is 1. The summed E-state index contributed by atoms with van der Waals surface area (Å²) in [5.74, 6) is 0.319. The van der Waals surface area contributed by atoms with Crippen molar-refractivity contribution >= 4 is 5.91 Å².